The van der Waals surface area contributed by atoms with E-state index in [1.54, 1.807) is 0 Å². The number of primary amides is 1. The molecule has 0 unspecified atom stereocenters. The van der Waals surface area contributed by atoms with Gasteiger partial charge in [0, 0.05) is 0 Å². The maximum atomic E-state index is 11.6. The molecule has 1 aromatic carbocycles. The number of hydrogen-bond acceptors (Lipinski definition) is 5. The summed E-state index contributed by atoms with van der Waals surface area (Å²) in [5.41, 5.74) is 12.4. The Labute approximate surface area is 116 Å². The summed E-state index contributed by atoms with van der Waals surface area (Å²) in [5.74, 6) is -1.03. The van der Waals surface area contributed by atoms with Gasteiger partial charge < -0.3 is 16.8 Å². The van der Waals surface area contributed by atoms with Gasteiger partial charge in [-0.1, -0.05) is 30.3 Å². The minimum absolute atomic E-state index is 0.186. The fourth-order valence-corrected chi connectivity index (χ4v) is 2.42. The molecule has 0 saturated carbocycles. The van der Waals surface area contributed by atoms with Crippen molar-refractivity contribution in [1.82, 2.24) is 5.32 Å². The number of carbonyl (C=O) groups excluding carboxylic acids is 1. The molecule has 0 saturated heterocycles. The lowest BCUT2D eigenvalue weighted by Gasteiger charge is -2.26. The predicted octanol–water partition coefficient (Wildman–Crippen LogP) is 0.694. The summed E-state index contributed by atoms with van der Waals surface area (Å²) in [6.07, 6.45) is 0. The highest BCUT2D eigenvalue weighted by Crippen LogP contribution is 2.37. The summed E-state index contributed by atoms with van der Waals surface area (Å²) in [5, 5.41) is 12.2. The van der Waals surface area contributed by atoms with Crippen molar-refractivity contribution >= 4 is 18.5 Å². The lowest BCUT2D eigenvalue weighted by atomic mass is 9.83. The SMILES string of the molecule is N#CC1=C(N)NC(S)=C(C(N)=O)[C@@H]1c1ccccc1. The number of nitrogens with two attached hydrogens (primary N) is 2. The van der Waals surface area contributed by atoms with Gasteiger partial charge >= 0.3 is 0 Å². The van der Waals surface area contributed by atoms with Crippen molar-refractivity contribution in [3.8, 4) is 6.07 Å². The Morgan fingerprint density at radius 1 is 1.37 bits per heavy atom. The minimum Gasteiger partial charge on any atom is -0.384 e. The third-order valence-electron chi connectivity index (χ3n) is 2.89. The van der Waals surface area contributed by atoms with Crippen LogP contribution in [0.15, 0.2) is 52.3 Å². The maximum Gasteiger partial charge on any atom is 0.248 e. The van der Waals surface area contributed by atoms with Crippen LogP contribution in [0, 0.1) is 11.3 Å². The molecule has 0 bridgehead atoms. The Kier molecular flexibility index (Phi) is 3.49. The van der Waals surface area contributed by atoms with Gasteiger partial charge in [-0.3, -0.25) is 4.79 Å². The van der Waals surface area contributed by atoms with Gasteiger partial charge in [-0.25, -0.2) is 0 Å². The van der Waals surface area contributed by atoms with Gasteiger partial charge in [0.05, 0.1) is 28.2 Å². The number of carbonyl (C=O) groups is 1. The van der Waals surface area contributed by atoms with Crippen LogP contribution < -0.4 is 16.8 Å². The van der Waals surface area contributed by atoms with Crippen LogP contribution in [0.4, 0.5) is 0 Å². The normalized spacial score (nSPS) is 18.8. The zero-order valence-electron chi connectivity index (χ0n) is 9.92. The van der Waals surface area contributed by atoms with E-state index < -0.39 is 11.8 Å². The Morgan fingerprint density at radius 2 is 2.00 bits per heavy atom. The molecule has 1 heterocycles. The topological polar surface area (TPSA) is 105 Å². The number of benzene rings is 1. The fraction of sp³-hybridized carbons (Fsp3) is 0.0769. The molecule has 1 aromatic rings. The van der Waals surface area contributed by atoms with Gasteiger partial charge in [0.25, 0.3) is 0 Å². The standard InChI is InChI=1S/C13H12N4OS/c14-6-8-9(7-4-2-1-3-5-7)10(12(16)18)13(19)17-11(8)15/h1-5,9,17,19H,15H2,(H2,16,18)/t9-/m1/s1. The Morgan fingerprint density at radius 3 is 2.53 bits per heavy atom. The highest BCUT2D eigenvalue weighted by molar-refractivity contribution is 7.84. The molecule has 1 atom stereocenters. The zero-order chi connectivity index (χ0) is 14.0. The van der Waals surface area contributed by atoms with Gasteiger partial charge in [-0.05, 0) is 5.56 Å². The summed E-state index contributed by atoms with van der Waals surface area (Å²) < 4.78 is 0. The number of thiol groups is 1. The third-order valence-corrected chi connectivity index (χ3v) is 3.25. The average molecular weight is 272 g/mol. The van der Waals surface area contributed by atoms with Crippen LogP contribution in [0.1, 0.15) is 11.5 Å². The van der Waals surface area contributed by atoms with Crippen LogP contribution in [0.5, 0.6) is 0 Å². The number of dihydropyridines is 1. The largest absolute Gasteiger partial charge is 0.384 e. The molecule has 96 valence electrons. The second-order valence-corrected chi connectivity index (χ2v) is 4.48. The van der Waals surface area contributed by atoms with E-state index in [2.05, 4.69) is 17.9 Å². The van der Waals surface area contributed by atoms with Crippen LogP contribution >= 0.6 is 12.6 Å². The molecule has 5 N–H and O–H groups in total. The van der Waals surface area contributed by atoms with Crippen LogP contribution in [-0.4, -0.2) is 5.91 Å². The Hall–Kier alpha value is -2.39. The monoisotopic (exact) mass is 272 g/mol. The summed E-state index contributed by atoms with van der Waals surface area (Å²) in [4.78, 5) is 11.6. The first-order chi connectivity index (χ1) is 9.06. The van der Waals surface area contributed by atoms with E-state index in [9.17, 15) is 10.1 Å². The molecule has 19 heavy (non-hydrogen) atoms. The number of rotatable bonds is 2. The molecule has 1 amide bonds. The highest BCUT2D eigenvalue weighted by atomic mass is 32.1. The lowest BCUT2D eigenvalue weighted by Crippen LogP contribution is -2.33. The minimum atomic E-state index is -0.633. The molecule has 0 aromatic heterocycles. The van der Waals surface area contributed by atoms with E-state index in [1.165, 1.54) is 0 Å². The Bertz CT molecular complexity index is 628. The lowest BCUT2D eigenvalue weighted by molar-refractivity contribution is -0.114. The maximum absolute atomic E-state index is 11.6. The van der Waals surface area contributed by atoms with Crippen molar-refractivity contribution in [3.63, 3.8) is 0 Å². The summed E-state index contributed by atoms with van der Waals surface area (Å²) in [6.45, 7) is 0. The van der Waals surface area contributed by atoms with Crippen LogP contribution in [0.2, 0.25) is 0 Å². The molecule has 2 rings (SSSR count). The van der Waals surface area contributed by atoms with Crippen molar-refractivity contribution in [2.45, 2.75) is 5.92 Å². The van der Waals surface area contributed by atoms with E-state index in [0.717, 1.165) is 5.56 Å². The van der Waals surface area contributed by atoms with Crippen LogP contribution in [0.3, 0.4) is 0 Å². The third kappa shape index (κ3) is 2.28. The molecule has 0 radical (unpaired) electrons. The van der Waals surface area contributed by atoms with E-state index in [1.807, 2.05) is 36.4 Å². The molecule has 0 spiro atoms. The number of allylic oxidation sites excluding steroid dienone is 1. The van der Waals surface area contributed by atoms with E-state index in [0.29, 0.717) is 0 Å². The summed E-state index contributed by atoms with van der Waals surface area (Å²) in [7, 11) is 0. The number of hydrogen-bond donors (Lipinski definition) is 4. The van der Waals surface area contributed by atoms with Crippen LogP contribution in [-0.2, 0) is 4.79 Å². The number of nitriles is 1. The Balaban J connectivity index is 2.65. The van der Waals surface area contributed by atoms with Crippen molar-refractivity contribution in [1.29, 1.82) is 5.26 Å². The molecular weight excluding hydrogens is 260 g/mol. The fourth-order valence-electron chi connectivity index (χ4n) is 2.06. The zero-order valence-corrected chi connectivity index (χ0v) is 10.8. The molecule has 1 aliphatic rings. The van der Waals surface area contributed by atoms with E-state index in [4.69, 9.17) is 11.5 Å². The summed E-state index contributed by atoms with van der Waals surface area (Å²) in [6, 6.07) is 11.1. The number of amides is 1. The van der Waals surface area contributed by atoms with Gasteiger partial charge in [0.1, 0.15) is 5.82 Å². The van der Waals surface area contributed by atoms with Crippen molar-refractivity contribution in [2.24, 2.45) is 11.5 Å². The van der Waals surface area contributed by atoms with Crippen molar-refractivity contribution < 1.29 is 4.79 Å². The summed E-state index contributed by atoms with van der Waals surface area (Å²) >= 11 is 4.19. The second kappa shape index (κ2) is 5.08. The molecular formula is C13H12N4OS. The molecule has 6 heteroatoms. The molecule has 0 aliphatic carbocycles. The first-order valence-electron chi connectivity index (χ1n) is 5.51. The first-order valence-corrected chi connectivity index (χ1v) is 5.95. The number of nitrogens with zero attached hydrogens (tertiary/aromatic N) is 1. The van der Waals surface area contributed by atoms with Gasteiger partial charge in [-0.15, -0.1) is 12.6 Å². The van der Waals surface area contributed by atoms with Crippen molar-refractivity contribution in [3.05, 3.63) is 57.9 Å². The van der Waals surface area contributed by atoms with Gasteiger partial charge in [0.15, 0.2) is 0 Å². The quantitative estimate of drug-likeness (QED) is 0.594. The molecule has 1 aliphatic heterocycles. The second-order valence-electron chi connectivity index (χ2n) is 4.03. The van der Waals surface area contributed by atoms with Crippen molar-refractivity contribution in [2.75, 3.05) is 0 Å². The predicted molar refractivity (Wildman–Crippen MR) is 74.4 cm³/mol. The smallest absolute Gasteiger partial charge is 0.248 e. The van der Waals surface area contributed by atoms with E-state index in [-0.39, 0.29) is 22.0 Å². The van der Waals surface area contributed by atoms with Crippen LogP contribution in [0.25, 0.3) is 0 Å². The molecule has 0 fully saturated rings. The first kappa shape index (κ1) is 13.1. The van der Waals surface area contributed by atoms with Gasteiger partial charge in [0.2, 0.25) is 5.91 Å². The van der Waals surface area contributed by atoms with Gasteiger partial charge in [-0.2, -0.15) is 5.26 Å². The average Bonchev–Trinajstić information content (AvgIpc) is 2.38. The molecule has 5 nitrogen and oxygen atoms in total. The van der Waals surface area contributed by atoms with E-state index >= 15 is 0 Å². The highest BCUT2D eigenvalue weighted by Gasteiger charge is 2.32. The number of nitrogens with one attached hydrogen (secondary N) is 1.